The molecule has 0 bridgehead atoms. The van der Waals surface area contributed by atoms with E-state index in [0.29, 0.717) is 19.3 Å². The van der Waals surface area contributed by atoms with Crippen molar-refractivity contribution in [1.29, 1.82) is 0 Å². The van der Waals surface area contributed by atoms with Gasteiger partial charge in [0.2, 0.25) is 0 Å². The highest BCUT2D eigenvalue weighted by Gasteiger charge is 2.65. The van der Waals surface area contributed by atoms with E-state index in [1.165, 1.54) is 19.2 Å². The highest BCUT2D eigenvalue weighted by atomic mass is 28.3. The van der Waals surface area contributed by atoms with E-state index in [1.807, 2.05) is 0 Å². The Morgan fingerprint density at radius 1 is 1.06 bits per heavy atom. The van der Waals surface area contributed by atoms with Gasteiger partial charge in [0.15, 0.2) is 0 Å². The van der Waals surface area contributed by atoms with E-state index in [1.54, 1.807) is 12.1 Å². The first-order valence-corrected chi connectivity index (χ1v) is 15.8. The number of unbranched alkanes of at least 4 members (excludes halogenated alkanes) is 5. The molecule has 35 heavy (non-hydrogen) atoms. The Bertz CT molecular complexity index is 909. The van der Waals surface area contributed by atoms with Gasteiger partial charge < -0.3 is 9.84 Å². The van der Waals surface area contributed by atoms with Gasteiger partial charge in [0.1, 0.15) is 8.07 Å². The molecule has 2 atom stereocenters. The van der Waals surface area contributed by atoms with Crippen LogP contribution in [0, 0.1) is 17.4 Å². The monoisotopic (exact) mass is 510 g/mol. The summed E-state index contributed by atoms with van der Waals surface area (Å²) in [5, 5.41) is 17.1. The summed E-state index contributed by atoms with van der Waals surface area (Å²) < 4.78 is 44.3. The summed E-state index contributed by atoms with van der Waals surface area (Å²) in [5.74, 6) is 2.23. The summed E-state index contributed by atoms with van der Waals surface area (Å²) in [6, 6.07) is 5.90. The minimum atomic E-state index is -4.56. The lowest BCUT2D eigenvalue weighted by atomic mass is 9.91. The quantitative estimate of drug-likeness (QED) is 0.141. The molecule has 1 aliphatic rings. The number of rotatable bonds is 13. The smallest absolute Gasteiger partial charge is 0.442 e. The van der Waals surface area contributed by atoms with E-state index in [4.69, 9.17) is 4.74 Å². The first kappa shape index (κ1) is 29.0. The lowest BCUT2D eigenvalue weighted by Gasteiger charge is -2.21. The molecular weight excluding hydrogens is 473 g/mol. The molecule has 1 N–H and O–H groups in total. The number of carbonyl (C=O) groups excluding carboxylic acids is 1. The topological polar surface area (TPSA) is 71.2 Å². The second kappa shape index (κ2) is 12.7. The largest absolute Gasteiger partial charge is 0.469 e. The van der Waals surface area contributed by atoms with Gasteiger partial charge >= 0.3 is 17.8 Å². The van der Waals surface area contributed by atoms with Gasteiger partial charge in [-0.15, -0.1) is 21.7 Å². The van der Waals surface area contributed by atoms with Crippen LogP contribution in [0.4, 0.5) is 13.2 Å². The molecule has 1 heterocycles. The van der Waals surface area contributed by atoms with Crippen LogP contribution in [0.25, 0.3) is 0 Å². The molecule has 194 valence electrons. The Morgan fingerprint density at radius 2 is 1.66 bits per heavy atom. The van der Waals surface area contributed by atoms with Crippen molar-refractivity contribution < 1.29 is 27.8 Å². The maximum Gasteiger partial charge on any atom is 0.442 e. The molecule has 0 spiro atoms. The molecule has 0 amide bonds. The number of benzene rings is 1. The lowest BCUT2D eigenvalue weighted by Crippen LogP contribution is -2.30. The number of nitrogens with zero attached hydrogens (tertiary/aromatic N) is 2. The minimum Gasteiger partial charge on any atom is -0.469 e. The van der Waals surface area contributed by atoms with Gasteiger partial charge in [0, 0.05) is 12.0 Å². The van der Waals surface area contributed by atoms with Crippen molar-refractivity contribution in [3.63, 3.8) is 0 Å². The first-order valence-electron chi connectivity index (χ1n) is 12.3. The van der Waals surface area contributed by atoms with Crippen molar-refractivity contribution in [3.8, 4) is 11.5 Å². The summed E-state index contributed by atoms with van der Waals surface area (Å²) in [4.78, 5) is 12.2. The summed E-state index contributed by atoms with van der Waals surface area (Å²) >= 11 is 0. The van der Waals surface area contributed by atoms with Crippen LogP contribution >= 0.6 is 0 Å². The normalized spacial score (nSPS) is 16.2. The SMILES string of the molecule is COC(=O)C(CCCCCCCC#C[Si](C)(C)C)C(O)CCc1ccc(C2(C(F)(F)F)N=N2)cc1. The van der Waals surface area contributed by atoms with Crippen molar-refractivity contribution in [1.82, 2.24) is 0 Å². The Balaban J connectivity index is 1.75. The second-order valence-electron chi connectivity index (χ2n) is 10.2. The summed E-state index contributed by atoms with van der Waals surface area (Å²) in [5.41, 5.74) is 1.69. The van der Waals surface area contributed by atoms with Crippen LogP contribution in [-0.4, -0.2) is 38.5 Å². The van der Waals surface area contributed by atoms with Crippen LogP contribution < -0.4 is 0 Å². The van der Waals surface area contributed by atoms with Gasteiger partial charge in [0.25, 0.3) is 0 Å². The van der Waals surface area contributed by atoms with Crippen molar-refractivity contribution >= 4 is 14.0 Å². The Labute approximate surface area is 207 Å². The van der Waals surface area contributed by atoms with Crippen molar-refractivity contribution in [3.05, 3.63) is 35.4 Å². The number of ether oxygens (including phenoxy) is 1. The Hall–Kier alpha value is -2.18. The van der Waals surface area contributed by atoms with Gasteiger partial charge in [-0.3, -0.25) is 4.79 Å². The average Bonchev–Trinajstić information content (AvgIpc) is 3.60. The number of aryl methyl sites for hydroxylation is 1. The summed E-state index contributed by atoms with van der Waals surface area (Å²) in [7, 11) is 0.0155. The molecule has 5 nitrogen and oxygen atoms in total. The van der Waals surface area contributed by atoms with E-state index in [9.17, 15) is 23.1 Å². The molecule has 2 unspecified atom stereocenters. The fourth-order valence-corrected chi connectivity index (χ4v) is 4.57. The molecular formula is C26H37F3N2O3Si. The lowest BCUT2D eigenvalue weighted by molar-refractivity contribution is -0.166. The molecule has 1 aliphatic heterocycles. The zero-order chi connectivity index (χ0) is 26.1. The number of hydrogen-bond acceptors (Lipinski definition) is 5. The molecule has 0 fully saturated rings. The highest BCUT2D eigenvalue weighted by Crippen LogP contribution is 2.52. The molecule has 1 aromatic carbocycles. The zero-order valence-corrected chi connectivity index (χ0v) is 22.1. The van der Waals surface area contributed by atoms with Gasteiger partial charge in [-0.25, -0.2) is 0 Å². The van der Waals surface area contributed by atoms with Gasteiger partial charge in [0.05, 0.1) is 19.1 Å². The Morgan fingerprint density at radius 3 is 2.20 bits per heavy atom. The standard InChI is InChI=1S/C26H37F3N2O3Si/c1-34-24(33)22(12-10-8-6-5-7-9-11-19-35(2,3)4)23(32)18-15-20-13-16-21(17-14-20)25(30-31-25)26(27,28)29/h13-14,16-17,22-23,32H,5-10,12,15,18H2,1-4H3. The average molecular weight is 511 g/mol. The molecule has 0 radical (unpaired) electrons. The van der Waals surface area contributed by atoms with Crippen LogP contribution in [-0.2, 0) is 21.6 Å². The first-order chi connectivity index (χ1) is 16.4. The van der Waals surface area contributed by atoms with Crippen molar-refractivity contribution in [2.45, 2.75) is 95.4 Å². The maximum atomic E-state index is 13.1. The molecule has 1 aromatic rings. The third-order valence-corrected chi connectivity index (χ3v) is 6.96. The van der Waals surface area contributed by atoms with E-state index in [0.717, 1.165) is 44.1 Å². The van der Waals surface area contributed by atoms with E-state index >= 15 is 0 Å². The molecule has 9 heteroatoms. The number of halogens is 3. The Kier molecular flexibility index (Phi) is 10.5. The molecule has 0 saturated heterocycles. The molecule has 0 aromatic heterocycles. The van der Waals surface area contributed by atoms with E-state index in [-0.39, 0.29) is 5.56 Å². The van der Waals surface area contributed by atoms with Crippen LogP contribution in [0.15, 0.2) is 34.5 Å². The van der Waals surface area contributed by atoms with Gasteiger partial charge in [-0.05, 0) is 31.2 Å². The van der Waals surface area contributed by atoms with Crippen molar-refractivity contribution in [2.75, 3.05) is 7.11 Å². The fraction of sp³-hybridized carbons (Fsp3) is 0.654. The molecule has 0 aliphatic carbocycles. The van der Waals surface area contributed by atoms with E-state index < -0.39 is 37.9 Å². The molecule has 0 saturated carbocycles. The minimum absolute atomic E-state index is 0.0233. The third-order valence-electron chi connectivity index (χ3n) is 6.03. The summed E-state index contributed by atoms with van der Waals surface area (Å²) in [6.07, 6.45) is 1.80. The van der Waals surface area contributed by atoms with E-state index in [2.05, 4.69) is 41.3 Å². The number of esters is 1. The van der Waals surface area contributed by atoms with Crippen LogP contribution in [0.1, 0.15) is 62.5 Å². The zero-order valence-electron chi connectivity index (χ0n) is 21.1. The fourth-order valence-electron chi connectivity index (χ4n) is 3.92. The number of aliphatic hydroxyl groups excluding tert-OH is 1. The van der Waals surface area contributed by atoms with Crippen molar-refractivity contribution in [2.24, 2.45) is 16.1 Å². The second-order valence-corrected chi connectivity index (χ2v) is 14.9. The highest BCUT2D eigenvalue weighted by molar-refractivity contribution is 6.83. The molecule has 2 rings (SSSR count). The summed E-state index contributed by atoms with van der Waals surface area (Å²) in [6.45, 7) is 6.70. The van der Waals surface area contributed by atoms with Gasteiger partial charge in [-0.2, -0.15) is 13.2 Å². The van der Waals surface area contributed by atoms with Crippen LogP contribution in [0.3, 0.4) is 0 Å². The van der Waals surface area contributed by atoms with Gasteiger partial charge in [-0.1, -0.05) is 69.6 Å². The maximum absolute atomic E-state index is 13.1. The number of alkyl halides is 3. The number of carbonyl (C=O) groups is 1. The number of aliphatic hydroxyl groups is 1. The van der Waals surface area contributed by atoms with Crippen LogP contribution in [0.5, 0.6) is 0 Å². The number of hydrogen-bond donors (Lipinski definition) is 1. The number of methoxy groups -OCH3 is 1. The van der Waals surface area contributed by atoms with Crippen LogP contribution in [0.2, 0.25) is 19.6 Å². The third kappa shape index (κ3) is 9.08. The predicted octanol–water partition coefficient (Wildman–Crippen LogP) is 6.56. The predicted molar refractivity (Wildman–Crippen MR) is 132 cm³/mol.